The van der Waals surface area contributed by atoms with E-state index in [4.69, 9.17) is 19.2 Å². The predicted molar refractivity (Wildman–Crippen MR) is 149 cm³/mol. The molecule has 196 valence electrons. The van der Waals surface area contributed by atoms with Gasteiger partial charge in [-0.05, 0) is 62.1 Å². The molecule has 5 rings (SSSR count). The van der Waals surface area contributed by atoms with Gasteiger partial charge in [0, 0.05) is 33.1 Å². The summed E-state index contributed by atoms with van der Waals surface area (Å²) in [5.41, 5.74) is 3.53. The monoisotopic (exact) mass is 530 g/mol. The molecule has 7 nitrogen and oxygen atoms in total. The molecule has 0 radical (unpaired) electrons. The van der Waals surface area contributed by atoms with Crippen LogP contribution in [-0.2, 0) is 0 Å². The van der Waals surface area contributed by atoms with E-state index in [9.17, 15) is 9.59 Å². The summed E-state index contributed by atoms with van der Waals surface area (Å²) in [6.07, 6.45) is 2.29. The SMILES string of the molecule is COc1ccc(C(=O)N2CCCCC2C(=O)c2ccc(OC)c(-c3csc4c(C)cccc34)n2)cc1OC. The van der Waals surface area contributed by atoms with Crippen LogP contribution in [0.2, 0.25) is 0 Å². The van der Waals surface area contributed by atoms with Crippen molar-refractivity contribution in [3.05, 3.63) is 70.7 Å². The van der Waals surface area contributed by atoms with E-state index in [1.807, 2.05) is 6.07 Å². The van der Waals surface area contributed by atoms with Crippen LogP contribution in [0.5, 0.6) is 17.2 Å². The van der Waals surface area contributed by atoms with Gasteiger partial charge in [-0.3, -0.25) is 9.59 Å². The summed E-state index contributed by atoms with van der Waals surface area (Å²) in [6, 6.07) is 14.1. The number of aromatic nitrogens is 1. The van der Waals surface area contributed by atoms with E-state index in [2.05, 4.69) is 24.4 Å². The number of Topliss-reactive ketones (excluding diaryl/α,β-unsaturated/α-hetero) is 1. The average molecular weight is 531 g/mol. The summed E-state index contributed by atoms with van der Waals surface area (Å²) in [5.74, 6) is 1.24. The largest absolute Gasteiger partial charge is 0.494 e. The Morgan fingerprint density at radius 3 is 2.47 bits per heavy atom. The summed E-state index contributed by atoms with van der Waals surface area (Å²) < 4.78 is 17.5. The first kappa shape index (κ1) is 25.7. The number of aryl methyl sites for hydroxylation is 1. The van der Waals surface area contributed by atoms with Crippen LogP contribution in [0.25, 0.3) is 21.3 Å². The smallest absolute Gasteiger partial charge is 0.254 e. The molecule has 1 saturated heterocycles. The number of fused-ring (bicyclic) bond motifs is 1. The highest BCUT2D eigenvalue weighted by atomic mass is 32.1. The molecule has 1 aliphatic rings. The van der Waals surface area contributed by atoms with Crippen LogP contribution in [0.15, 0.2) is 53.9 Å². The van der Waals surface area contributed by atoms with Crippen molar-refractivity contribution in [1.82, 2.24) is 9.88 Å². The summed E-state index contributed by atoms with van der Waals surface area (Å²) in [6.45, 7) is 2.58. The maximum Gasteiger partial charge on any atom is 0.254 e. The summed E-state index contributed by atoms with van der Waals surface area (Å²) >= 11 is 1.65. The Bertz CT molecular complexity index is 1510. The van der Waals surface area contributed by atoms with E-state index < -0.39 is 6.04 Å². The van der Waals surface area contributed by atoms with Gasteiger partial charge < -0.3 is 19.1 Å². The van der Waals surface area contributed by atoms with Crippen LogP contribution in [0.1, 0.15) is 45.7 Å². The Kier molecular flexibility index (Phi) is 7.33. The van der Waals surface area contributed by atoms with Crippen molar-refractivity contribution in [2.45, 2.75) is 32.2 Å². The van der Waals surface area contributed by atoms with E-state index in [0.29, 0.717) is 47.2 Å². The van der Waals surface area contributed by atoms with Crippen molar-refractivity contribution in [1.29, 1.82) is 0 Å². The minimum absolute atomic E-state index is 0.168. The van der Waals surface area contributed by atoms with Gasteiger partial charge in [-0.15, -0.1) is 11.3 Å². The Balaban J connectivity index is 1.50. The molecule has 3 heterocycles. The number of pyridine rings is 1. The number of piperidine rings is 1. The van der Waals surface area contributed by atoms with Crippen molar-refractivity contribution in [3.8, 4) is 28.5 Å². The molecule has 0 saturated carbocycles. The topological polar surface area (TPSA) is 78.0 Å². The first-order chi connectivity index (χ1) is 18.5. The molecule has 1 aliphatic heterocycles. The Morgan fingerprint density at radius 1 is 0.947 bits per heavy atom. The van der Waals surface area contributed by atoms with Crippen molar-refractivity contribution < 1.29 is 23.8 Å². The Morgan fingerprint density at radius 2 is 1.71 bits per heavy atom. The zero-order valence-electron chi connectivity index (χ0n) is 21.9. The fourth-order valence-corrected chi connectivity index (χ4v) is 6.11. The van der Waals surface area contributed by atoms with Crippen LogP contribution < -0.4 is 14.2 Å². The fourth-order valence-electron chi connectivity index (χ4n) is 5.08. The van der Waals surface area contributed by atoms with Gasteiger partial charge in [0.15, 0.2) is 11.5 Å². The average Bonchev–Trinajstić information content (AvgIpc) is 3.41. The molecule has 2 aromatic carbocycles. The molecule has 4 aromatic rings. The molecule has 1 fully saturated rings. The van der Waals surface area contributed by atoms with Gasteiger partial charge in [0.2, 0.25) is 5.78 Å². The molecule has 0 bridgehead atoms. The molecule has 0 aliphatic carbocycles. The second-order valence-corrected chi connectivity index (χ2v) is 10.2. The predicted octanol–water partition coefficient (Wildman–Crippen LogP) is 6.18. The number of amides is 1. The van der Waals surface area contributed by atoms with Gasteiger partial charge in [-0.2, -0.15) is 0 Å². The lowest BCUT2D eigenvalue weighted by Gasteiger charge is -2.34. The molecule has 1 amide bonds. The first-order valence-electron chi connectivity index (χ1n) is 12.6. The van der Waals surface area contributed by atoms with Crippen molar-refractivity contribution in [2.24, 2.45) is 0 Å². The molecule has 0 spiro atoms. The van der Waals surface area contributed by atoms with E-state index in [1.54, 1.807) is 60.8 Å². The van der Waals surface area contributed by atoms with Gasteiger partial charge in [0.05, 0.1) is 27.4 Å². The maximum absolute atomic E-state index is 13.9. The molecular formula is C30H30N2O5S. The fraction of sp³-hybridized carbons (Fsp3) is 0.300. The van der Waals surface area contributed by atoms with Gasteiger partial charge in [-0.25, -0.2) is 4.98 Å². The number of carbonyl (C=O) groups is 2. The standard InChI is InChI=1S/C30H30N2O5S/c1-18-8-7-9-20-21(17-38-29(18)20)27-25(36-3)14-12-22(31-27)28(33)23-10-5-6-15-32(23)30(34)19-11-13-24(35-2)26(16-19)37-4/h7-9,11-14,16-17,23H,5-6,10,15H2,1-4H3. The molecule has 1 unspecified atom stereocenters. The first-order valence-corrected chi connectivity index (χ1v) is 13.4. The quantitative estimate of drug-likeness (QED) is 0.266. The highest BCUT2D eigenvalue weighted by Gasteiger charge is 2.34. The normalized spacial score (nSPS) is 15.4. The van der Waals surface area contributed by atoms with Gasteiger partial charge in [0.25, 0.3) is 5.91 Å². The lowest BCUT2D eigenvalue weighted by atomic mass is 9.95. The van der Waals surface area contributed by atoms with Crippen molar-refractivity contribution in [3.63, 3.8) is 0 Å². The van der Waals surface area contributed by atoms with Crippen LogP contribution >= 0.6 is 11.3 Å². The Hall–Kier alpha value is -3.91. The van der Waals surface area contributed by atoms with Crippen LogP contribution in [0.4, 0.5) is 0 Å². The molecule has 0 N–H and O–H groups in total. The third-order valence-electron chi connectivity index (χ3n) is 7.08. The lowest BCUT2D eigenvalue weighted by Crippen LogP contribution is -2.48. The number of rotatable bonds is 7. The number of benzene rings is 2. The Labute approximate surface area is 226 Å². The number of ketones is 1. The number of likely N-dealkylation sites (tertiary alicyclic amines) is 1. The number of methoxy groups -OCH3 is 3. The van der Waals surface area contributed by atoms with Gasteiger partial charge >= 0.3 is 0 Å². The zero-order chi connectivity index (χ0) is 26.8. The van der Waals surface area contributed by atoms with E-state index >= 15 is 0 Å². The van der Waals surface area contributed by atoms with Crippen LogP contribution in [-0.4, -0.2) is 55.5 Å². The minimum atomic E-state index is -0.598. The molecule has 2 aromatic heterocycles. The van der Waals surface area contributed by atoms with Gasteiger partial charge in [-0.1, -0.05) is 18.2 Å². The number of carbonyl (C=O) groups excluding carboxylic acids is 2. The van der Waals surface area contributed by atoms with E-state index in [1.165, 1.54) is 17.4 Å². The number of hydrogen-bond donors (Lipinski definition) is 0. The number of thiophene rings is 1. The second kappa shape index (κ2) is 10.8. The summed E-state index contributed by atoms with van der Waals surface area (Å²) in [4.78, 5) is 33.9. The zero-order valence-corrected chi connectivity index (χ0v) is 22.8. The third kappa shape index (κ3) is 4.60. The molecule has 1 atom stereocenters. The lowest BCUT2D eigenvalue weighted by molar-refractivity contribution is 0.0545. The van der Waals surface area contributed by atoms with Crippen LogP contribution in [0.3, 0.4) is 0 Å². The van der Waals surface area contributed by atoms with Gasteiger partial charge in [0.1, 0.15) is 17.1 Å². The number of ether oxygens (including phenoxy) is 3. The van der Waals surface area contributed by atoms with E-state index in [-0.39, 0.29) is 11.7 Å². The van der Waals surface area contributed by atoms with Crippen LogP contribution in [0, 0.1) is 6.92 Å². The number of hydrogen-bond acceptors (Lipinski definition) is 7. The summed E-state index contributed by atoms with van der Waals surface area (Å²) in [5, 5.41) is 3.14. The summed E-state index contributed by atoms with van der Waals surface area (Å²) in [7, 11) is 4.69. The number of nitrogens with zero attached hydrogens (tertiary/aromatic N) is 2. The van der Waals surface area contributed by atoms with Crippen molar-refractivity contribution >= 4 is 33.1 Å². The highest BCUT2D eigenvalue weighted by molar-refractivity contribution is 7.18. The molecular weight excluding hydrogens is 500 g/mol. The van der Waals surface area contributed by atoms with Crippen molar-refractivity contribution in [2.75, 3.05) is 27.9 Å². The second-order valence-electron chi connectivity index (χ2n) is 9.29. The maximum atomic E-state index is 13.9. The minimum Gasteiger partial charge on any atom is -0.494 e. The highest BCUT2D eigenvalue weighted by Crippen LogP contribution is 2.39. The van der Waals surface area contributed by atoms with E-state index in [0.717, 1.165) is 23.8 Å². The molecule has 8 heteroatoms. The molecule has 38 heavy (non-hydrogen) atoms. The third-order valence-corrected chi connectivity index (χ3v) is 8.21.